The van der Waals surface area contributed by atoms with E-state index >= 15 is 0 Å². The number of aliphatic carboxylic acids is 1. The van der Waals surface area contributed by atoms with Crippen molar-refractivity contribution in [2.24, 2.45) is 0 Å². The fourth-order valence-electron chi connectivity index (χ4n) is 3.22. The molecule has 0 aliphatic carbocycles. The predicted octanol–water partition coefficient (Wildman–Crippen LogP) is 2.95. The molecular weight excluding hydrogens is 376 g/mol. The van der Waals surface area contributed by atoms with E-state index in [1.54, 1.807) is 24.4 Å². The third-order valence-corrected chi connectivity index (χ3v) is 4.43. The van der Waals surface area contributed by atoms with Gasteiger partial charge in [-0.1, -0.05) is 0 Å². The molecule has 2 heterocycles. The van der Waals surface area contributed by atoms with Crippen LogP contribution in [0.1, 0.15) is 15.9 Å². The minimum Gasteiger partial charge on any atom is -0.508 e. The zero-order chi connectivity index (χ0) is 20.5. The number of carboxylic acids is 1. The summed E-state index contributed by atoms with van der Waals surface area (Å²) in [7, 11) is 0. The average Bonchev–Trinajstić information content (AvgIpc) is 3.17. The van der Waals surface area contributed by atoms with Gasteiger partial charge in [0.1, 0.15) is 29.9 Å². The number of benzene rings is 2. The number of phenolic OH excluding ortho intramolecular Hbond substituents is 1. The van der Waals surface area contributed by atoms with Crippen LogP contribution in [0, 0.1) is 11.3 Å². The molecule has 0 radical (unpaired) electrons. The maximum Gasteiger partial charge on any atom is 0.323 e. The van der Waals surface area contributed by atoms with Crippen LogP contribution in [0.3, 0.4) is 0 Å². The van der Waals surface area contributed by atoms with Gasteiger partial charge in [0.05, 0.1) is 5.56 Å². The highest BCUT2D eigenvalue weighted by Gasteiger charge is 2.28. The number of carboxylic acid groups (broad SMARTS) is 1. The molecule has 0 spiro atoms. The number of aromatic hydroxyl groups is 1. The lowest BCUT2D eigenvalue weighted by Crippen LogP contribution is -2.07. The molecule has 144 valence electrons. The second-order valence-corrected chi connectivity index (χ2v) is 6.35. The van der Waals surface area contributed by atoms with Crippen molar-refractivity contribution in [3.8, 4) is 23.3 Å². The molecule has 0 amide bonds. The summed E-state index contributed by atoms with van der Waals surface area (Å²) in [6.45, 7) is -0.388. The van der Waals surface area contributed by atoms with Crippen molar-refractivity contribution < 1.29 is 29.3 Å². The van der Waals surface area contributed by atoms with E-state index in [4.69, 9.17) is 19.8 Å². The molecule has 2 N–H and O–H groups in total. The van der Waals surface area contributed by atoms with E-state index in [0.717, 1.165) is 0 Å². The van der Waals surface area contributed by atoms with E-state index in [1.165, 1.54) is 28.8 Å². The number of carbonyl (C=O) groups excluding carboxylic acids is 1. The van der Waals surface area contributed by atoms with Crippen LogP contribution < -0.4 is 9.47 Å². The monoisotopic (exact) mass is 390 g/mol. The highest BCUT2D eigenvalue weighted by atomic mass is 16.5. The number of nitrogens with zero attached hydrogens (tertiary/aromatic N) is 2. The Morgan fingerprint density at radius 3 is 2.86 bits per heavy atom. The molecule has 8 heteroatoms. The number of rotatable bonds is 5. The van der Waals surface area contributed by atoms with Crippen molar-refractivity contribution in [2.75, 3.05) is 6.61 Å². The Balaban J connectivity index is 1.73. The van der Waals surface area contributed by atoms with Crippen molar-refractivity contribution in [1.29, 1.82) is 5.26 Å². The zero-order valence-electron chi connectivity index (χ0n) is 15.0. The number of ketones is 1. The smallest absolute Gasteiger partial charge is 0.323 e. The van der Waals surface area contributed by atoms with Gasteiger partial charge in [-0.2, -0.15) is 5.26 Å². The van der Waals surface area contributed by atoms with Gasteiger partial charge in [-0.05, 0) is 36.4 Å². The summed E-state index contributed by atoms with van der Waals surface area (Å²) >= 11 is 0. The number of aromatic nitrogens is 1. The largest absolute Gasteiger partial charge is 0.508 e. The summed E-state index contributed by atoms with van der Waals surface area (Å²) in [4.78, 5) is 23.8. The van der Waals surface area contributed by atoms with E-state index < -0.39 is 5.97 Å². The Kier molecular flexibility index (Phi) is 4.41. The highest BCUT2D eigenvalue weighted by molar-refractivity contribution is 6.15. The molecule has 1 aromatic heterocycles. The molecule has 3 aromatic rings. The van der Waals surface area contributed by atoms with Gasteiger partial charge in [0.25, 0.3) is 0 Å². The number of Topliss-reactive ketones (excluding diaryl/α,β-unsaturated/α-hetero) is 1. The molecule has 2 aromatic carbocycles. The van der Waals surface area contributed by atoms with E-state index in [9.17, 15) is 14.7 Å². The topological polar surface area (TPSA) is 122 Å². The van der Waals surface area contributed by atoms with E-state index in [1.807, 2.05) is 6.07 Å². The minimum atomic E-state index is -1.01. The quantitative estimate of drug-likeness (QED) is 0.642. The van der Waals surface area contributed by atoms with Crippen LogP contribution in [0.5, 0.6) is 17.2 Å². The Labute approximate surface area is 164 Å². The Morgan fingerprint density at radius 1 is 1.28 bits per heavy atom. The molecule has 0 unspecified atom stereocenters. The van der Waals surface area contributed by atoms with Crippen molar-refractivity contribution >= 4 is 28.7 Å². The van der Waals surface area contributed by atoms with Gasteiger partial charge in [-0.15, -0.1) is 0 Å². The molecule has 0 atom stereocenters. The average molecular weight is 390 g/mol. The van der Waals surface area contributed by atoms with E-state index in [2.05, 4.69) is 0 Å². The number of hydrogen-bond acceptors (Lipinski definition) is 6. The van der Waals surface area contributed by atoms with E-state index in [0.29, 0.717) is 33.5 Å². The summed E-state index contributed by atoms with van der Waals surface area (Å²) in [5.41, 5.74) is 1.50. The fraction of sp³-hybridized carbons (Fsp3) is 0.0952. The Morgan fingerprint density at radius 2 is 2.10 bits per heavy atom. The van der Waals surface area contributed by atoms with Crippen LogP contribution >= 0.6 is 0 Å². The van der Waals surface area contributed by atoms with Gasteiger partial charge in [-0.3, -0.25) is 9.59 Å². The van der Waals surface area contributed by atoms with Gasteiger partial charge >= 0.3 is 5.97 Å². The Bertz CT molecular complexity index is 1230. The van der Waals surface area contributed by atoms with Gasteiger partial charge in [0.2, 0.25) is 5.78 Å². The van der Waals surface area contributed by atoms with Gasteiger partial charge in [0, 0.05) is 28.7 Å². The first-order valence-electron chi connectivity index (χ1n) is 8.58. The van der Waals surface area contributed by atoms with Crippen molar-refractivity contribution in [3.63, 3.8) is 0 Å². The molecule has 29 heavy (non-hydrogen) atoms. The molecule has 1 aliphatic rings. The zero-order valence-corrected chi connectivity index (χ0v) is 15.0. The highest BCUT2D eigenvalue weighted by Crippen LogP contribution is 2.36. The van der Waals surface area contributed by atoms with Crippen molar-refractivity contribution in [1.82, 2.24) is 4.57 Å². The van der Waals surface area contributed by atoms with E-state index in [-0.39, 0.29) is 30.4 Å². The number of carbonyl (C=O) groups is 2. The van der Waals surface area contributed by atoms with Gasteiger partial charge < -0.3 is 24.3 Å². The number of nitriles is 1. The van der Waals surface area contributed by atoms with Crippen molar-refractivity contribution in [3.05, 3.63) is 59.5 Å². The third kappa shape index (κ3) is 3.37. The first-order valence-corrected chi connectivity index (χ1v) is 8.58. The molecular formula is C21H14N2O6. The number of ether oxygens (including phenoxy) is 2. The summed E-state index contributed by atoms with van der Waals surface area (Å²) in [6, 6.07) is 11.1. The first-order chi connectivity index (χ1) is 14.0. The maximum atomic E-state index is 12.7. The van der Waals surface area contributed by atoms with Crippen LogP contribution in [0.15, 0.2) is 48.4 Å². The number of phenols is 1. The second-order valence-electron chi connectivity index (χ2n) is 6.35. The standard InChI is InChI=1S/C21H14N2O6/c22-5-6-28-14-2-3-15-18(9-14)29-19(21(15)27)7-12-10-23(11-20(25)26)17-4-1-13(24)8-16(12)17/h1-4,7-10,24H,6,11H2,(H,25,26)/b19-7-. The summed E-state index contributed by atoms with van der Waals surface area (Å²) in [6.07, 6.45) is 3.10. The fourth-order valence-corrected chi connectivity index (χ4v) is 3.22. The summed E-state index contributed by atoms with van der Waals surface area (Å²) in [5.74, 6) is -0.538. The van der Waals surface area contributed by atoms with Crippen LogP contribution in [0.25, 0.3) is 17.0 Å². The summed E-state index contributed by atoms with van der Waals surface area (Å²) in [5, 5.41) is 28.1. The molecule has 8 nitrogen and oxygen atoms in total. The lowest BCUT2D eigenvalue weighted by molar-refractivity contribution is -0.137. The Hall–Kier alpha value is -4.25. The van der Waals surface area contributed by atoms with Gasteiger partial charge in [0.15, 0.2) is 12.4 Å². The number of hydrogen-bond donors (Lipinski definition) is 2. The lowest BCUT2D eigenvalue weighted by Gasteiger charge is -2.03. The maximum absolute atomic E-state index is 12.7. The van der Waals surface area contributed by atoms with Gasteiger partial charge in [-0.25, -0.2) is 0 Å². The predicted molar refractivity (Wildman–Crippen MR) is 102 cm³/mol. The minimum absolute atomic E-state index is 0.0199. The molecule has 1 aliphatic heterocycles. The van der Waals surface area contributed by atoms with Crippen LogP contribution in [0.4, 0.5) is 0 Å². The molecule has 0 saturated heterocycles. The number of allylic oxidation sites excluding steroid dienone is 1. The molecule has 0 fully saturated rings. The molecule has 0 saturated carbocycles. The van der Waals surface area contributed by atoms with Crippen LogP contribution in [-0.4, -0.2) is 33.1 Å². The third-order valence-electron chi connectivity index (χ3n) is 4.43. The molecule has 0 bridgehead atoms. The second kappa shape index (κ2) is 7.05. The normalized spacial score (nSPS) is 13.9. The van der Waals surface area contributed by atoms with Crippen LogP contribution in [-0.2, 0) is 11.3 Å². The van der Waals surface area contributed by atoms with Crippen molar-refractivity contribution in [2.45, 2.75) is 6.54 Å². The number of fused-ring (bicyclic) bond motifs is 2. The molecule has 4 rings (SSSR count). The van der Waals surface area contributed by atoms with Crippen LogP contribution in [0.2, 0.25) is 0 Å². The first kappa shape index (κ1) is 18.1. The lowest BCUT2D eigenvalue weighted by atomic mass is 10.1. The SMILES string of the molecule is N#CCOc1ccc2c(c1)O/C(=C\c1cn(CC(=O)O)c3ccc(O)cc13)C2=O. The summed E-state index contributed by atoms with van der Waals surface area (Å²) < 4.78 is 12.4.